The topological polar surface area (TPSA) is 81.2 Å². The molecule has 1 aromatic carbocycles. The van der Waals surface area contributed by atoms with Crippen LogP contribution in [0.3, 0.4) is 0 Å². The SMILES string of the molecule is CCCCc1c(OC)cc(OC)c(Cl)c1-c1ccc(C(=N)CC)c(N)n1. The van der Waals surface area contributed by atoms with Crippen LogP contribution in [0.2, 0.25) is 5.02 Å². The fraction of sp³-hybridized carbons (Fsp3) is 0.400. The zero-order valence-corrected chi connectivity index (χ0v) is 16.5. The van der Waals surface area contributed by atoms with Crippen LogP contribution in [0.25, 0.3) is 11.3 Å². The molecule has 6 heteroatoms. The maximum Gasteiger partial charge on any atom is 0.141 e. The number of methoxy groups -OCH3 is 2. The molecule has 0 radical (unpaired) electrons. The van der Waals surface area contributed by atoms with Crippen LogP contribution in [0.5, 0.6) is 11.5 Å². The summed E-state index contributed by atoms with van der Waals surface area (Å²) in [6.07, 6.45) is 3.46. The average molecular weight is 376 g/mol. The highest BCUT2D eigenvalue weighted by Crippen LogP contribution is 2.43. The molecule has 0 saturated carbocycles. The lowest BCUT2D eigenvalue weighted by molar-refractivity contribution is 0.391. The van der Waals surface area contributed by atoms with E-state index in [4.69, 9.17) is 32.2 Å². The smallest absolute Gasteiger partial charge is 0.141 e. The Morgan fingerprint density at radius 1 is 1.19 bits per heavy atom. The molecule has 0 fully saturated rings. The van der Waals surface area contributed by atoms with E-state index in [1.54, 1.807) is 20.3 Å². The Labute approximate surface area is 160 Å². The minimum Gasteiger partial charge on any atom is -0.496 e. The van der Waals surface area contributed by atoms with Gasteiger partial charge in [-0.2, -0.15) is 0 Å². The minimum atomic E-state index is 0.327. The zero-order chi connectivity index (χ0) is 19.3. The van der Waals surface area contributed by atoms with Crippen molar-refractivity contribution >= 4 is 23.1 Å². The van der Waals surface area contributed by atoms with Crippen LogP contribution in [0, 0.1) is 5.41 Å². The Hall–Kier alpha value is -2.27. The molecule has 0 aliphatic heterocycles. The van der Waals surface area contributed by atoms with Crippen molar-refractivity contribution in [2.75, 3.05) is 20.0 Å². The van der Waals surface area contributed by atoms with Gasteiger partial charge in [-0.05, 0) is 31.4 Å². The Morgan fingerprint density at radius 3 is 2.42 bits per heavy atom. The van der Waals surface area contributed by atoms with E-state index in [2.05, 4.69) is 11.9 Å². The number of benzene rings is 1. The molecular weight excluding hydrogens is 350 g/mol. The van der Waals surface area contributed by atoms with Gasteiger partial charge in [0.15, 0.2) is 0 Å². The highest BCUT2D eigenvalue weighted by atomic mass is 35.5. The largest absolute Gasteiger partial charge is 0.496 e. The number of nitrogen functional groups attached to an aromatic ring is 1. The molecule has 0 bridgehead atoms. The van der Waals surface area contributed by atoms with Gasteiger partial charge >= 0.3 is 0 Å². The average Bonchev–Trinajstić information content (AvgIpc) is 2.65. The summed E-state index contributed by atoms with van der Waals surface area (Å²) in [4.78, 5) is 4.53. The van der Waals surface area contributed by atoms with E-state index in [0.717, 1.165) is 36.1 Å². The highest BCUT2D eigenvalue weighted by Gasteiger charge is 2.21. The third-order valence-corrected chi connectivity index (χ3v) is 4.75. The van der Waals surface area contributed by atoms with Gasteiger partial charge in [-0.25, -0.2) is 4.98 Å². The number of nitrogens with zero attached hydrogens (tertiary/aromatic N) is 1. The van der Waals surface area contributed by atoms with Crippen molar-refractivity contribution in [1.82, 2.24) is 4.98 Å². The maximum atomic E-state index is 8.01. The first-order valence-electron chi connectivity index (χ1n) is 8.76. The third-order valence-electron chi connectivity index (χ3n) is 4.38. The molecule has 0 saturated heterocycles. The fourth-order valence-corrected chi connectivity index (χ4v) is 3.25. The highest BCUT2D eigenvalue weighted by molar-refractivity contribution is 6.35. The molecule has 26 heavy (non-hydrogen) atoms. The van der Waals surface area contributed by atoms with Gasteiger partial charge in [0, 0.05) is 28.5 Å². The number of nitrogens with two attached hydrogens (primary N) is 1. The van der Waals surface area contributed by atoms with E-state index in [9.17, 15) is 0 Å². The van der Waals surface area contributed by atoms with Crippen LogP contribution >= 0.6 is 11.6 Å². The molecular formula is C20H26ClN3O2. The van der Waals surface area contributed by atoms with Crippen LogP contribution in [-0.4, -0.2) is 24.9 Å². The molecule has 0 unspecified atom stereocenters. The lowest BCUT2D eigenvalue weighted by Gasteiger charge is -2.18. The second kappa shape index (κ2) is 8.90. The van der Waals surface area contributed by atoms with Gasteiger partial charge in [0.05, 0.1) is 24.9 Å². The summed E-state index contributed by atoms with van der Waals surface area (Å²) in [5.41, 5.74) is 9.65. The molecule has 5 nitrogen and oxygen atoms in total. The lowest BCUT2D eigenvalue weighted by atomic mass is 9.96. The van der Waals surface area contributed by atoms with E-state index >= 15 is 0 Å². The maximum absolute atomic E-state index is 8.01. The van der Waals surface area contributed by atoms with E-state index in [1.807, 2.05) is 19.1 Å². The summed E-state index contributed by atoms with van der Waals surface area (Å²) in [6.45, 7) is 4.06. The molecule has 2 rings (SSSR count). The van der Waals surface area contributed by atoms with E-state index in [0.29, 0.717) is 40.0 Å². The van der Waals surface area contributed by atoms with Gasteiger partial charge in [-0.3, -0.25) is 0 Å². The van der Waals surface area contributed by atoms with Crippen molar-refractivity contribution in [3.05, 3.63) is 34.3 Å². The van der Waals surface area contributed by atoms with Gasteiger partial charge in [0.1, 0.15) is 17.3 Å². The van der Waals surface area contributed by atoms with Crippen molar-refractivity contribution < 1.29 is 9.47 Å². The molecule has 0 aliphatic rings. The monoisotopic (exact) mass is 375 g/mol. The van der Waals surface area contributed by atoms with E-state index in [1.165, 1.54) is 0 Å². The first kappa shape index (κ1) is 20.0. The second-order valence-electron chi connectivity index (χ2n) is 6.01. The van der Waals surface area contributed by atoms with Crippen molar-refractivity contribution in [2.24, 2.45) is 0 Å². The summed E-state index contributed by atoms with van der Waals surface area (Å²) in [6, 6.07) is 5.49. The van der Waals surface area contributed by atoms with Crippen LogP contribution in [0.4, 0.5) is 5.82 Å². The molecule has 0 spiro atoms. The third kappa shape index (κ3) is 3.93. The van der Waals surface area contributed by atoms with Crippen molar-refractivity contribution in [3.8, 4) is 22.8 Å². The van der Waals surface area contributed by atoms with Crippen LogP contribution in [-0.2, 0) is 6.42 Å². The predicted octanol–water partition coefficient (Wildman–Crippen LogP) is 5.12. The molecule has 1 aromatic heterocycles. The van der Waals surface area contributed by atoms with Crippen LogP contribution in [0.1, 0.15) is 44.2 Å². The second-order valence-corrected chi connectivity index (χ2v) is 6.39. The number of ether oxygens (including phenoxy) is 2. The summed E-state index contributed by atoms with van der Waals surface area (Å²) < 4.78 is 11.0. The fourth-order valence-electron chi connectivity index (χ4n) is 2.91. The number of unbranched alkanes of at least 4 members (excludes halogenated alkanes) is 1. The Bertz CT molecular complexity index is 806. The molecule has 140 valence electrons. The van der Waals surface area contributed by atoms with Crippen LogP contribution < -0.4 is 15.2 Å². The summed E-state index contributed by atoms with van der Waals surface area (Å²) in [7, 11) is 3.21. The lowest BCUT2D eigenvalue weighted by Crippen LogP contribution is -2.06. The molecule has 2 aromatic rings. The van der Waals surface area contributed by atoms with E-state index in [-0.39, 0.29) is 0 Å². The number of rotatable bonds is 8. The first-order chi connectivity index (χ1) is 12.5. The standard InChI is InChI=1S/C20H26ClN3O2/c1-5-7-8-13-16(25-3)11-17(26-4)19(21)18(13)15-10-9-12(14(22)6-2)20(23)24-15/h9-11,22H,5-8H2,1-4H3,(H2,23,24). The molecule has 1 heterocycles. The molecule has 0 amide bonds. The van der Waals surface area contributed by atoms with Gasteiger partial charge < -0.3 is 20.6 Å². The van der Waals surface area contributed by atoms with Crippen molar-refractivity contribution in [3.63, 3.8) is 0 Å². The minimum absolute atomic E-state index is 0.327. The van der Waals surface area contributed by atoms with Crippen molar-refractivity contribution in [1.29, 1.82) is 5.41 Å². The molecule has 0 aliphatic carbocycles. The number of hydrogen-bond acceptors (Lipinski definition) is 5. The van der Waals surface area contributed by atoms with Gasteiger partial charge in [0.2, 0.25) is 0 Å². The number of halogens is 1. The van der Waals surface area contributed by atoms with Crippen molar-refractivity contribution in [2.45, 2.75) is 39.5 Å². The Balaban J connectivity index is 2.70. The van der Waals surface area contributed by atoms with Gasteiger partial charge in [0.25, 0.3) is 0 Å². The normalized spacial score (nSPS) is 10.7. The molecule has 0 atom stereocenters. The zero-order valence-electron chi connectivity index (χ0n) is 15.8. The summed E-state index contributed by atoms with van der Waals surface area (Å²) in [5, 5.41) is 8.50. The quantitative estimate of drug-likeness (QED) is 0.627. The number of aromatic nitrogens is 1. The van der Waals surface area contributed by atoms with Crippen LogP contribution in [0.15, 0.2) is 18.2 Å². The Kier molecular flexibility index (Phi) is 6.86. The van der Waals surface area contributed by atoms with Gasteiger partial charge in [-0.1, -0.05) is 31.9 Å². The Morgan fingerprint density at radius 2 is 1.88 bits per heavy atom. The number of anilines is 1. The number of nitrogens with one attached hydrogen (secondary N) is 1. The summed E-state index contributed by atoms with van der Waals surface area (Å²) >= 11 is 6.63. The summed E-state index contributed by atoms with van der Waals surface area (Å²) in [5.74, 6) is 1.58. The number of pyridine rings is 1. The van der Waals surface area contributed by atoms with E-state index < -0.39 is 0 Å². The first-order valence-corrected chi connectivity index (χ1v) is 9.14. The van der Waals surface area contributed by atoms with Gasteiger partial charge in [-0.15, -0.1) is 0 Å². The molecule has 3 N–H and O–H groups in total. The predicted molar refractivity (Wildman–Crippen MR) is 108 cm³/mol. The number of hydrogen-bond donors (Lipinski definition) is 2.